The van der Waals surface area contributed by atoms with E-state index in [1.165, 1.54) is 12.1 Å². The van der Waals surface area contributed by atoms with Gasteiger partial charge in [-0.15, -0.1) is 12.4 Å². The molecule has 22 heavy (non-hydrogen) atoms. The molecule has 1 aromatic rings. The summed E-state index contributed by atoms with van der Waals surface area (Å²) in [4.78, 5) is 14.3. The lowest BCUT2D eigenvalue weighted by Gasteiger charge is -2.31. The number of nitrogens with two attached hydrogens (primary N) is 2. The highest BCUT2D eigenvalue weighted by Gasteiger charge is 2.23. The van der Waals surface area contributed by atoms with Gasteiger partial charge in [-0.3, -0.25) is 4.79 Å². The Labute approximate surface area is 137 Å². The minimum atomic E-state index is -3.75. The number of aryl methyl sites for hydroxylation is 1. The number of rotatable bonds is 3. The van der Waals surface area contributed by atoms with Gasteiger partial charge in [0.05, 0.1) is 4.90 Å². The van der Waals surface area contributed by atoms with Gasteiger partial charge in [-0.2, -0.15) is 0 Å². The largest absolute Gasteiger partial charge is 0.339 e. The van der Waals surface area contributed by atoms with Crippen molar-refractivity contribution < 1.29 is 13.2 Å². The van der Waals surface area contributed by atoms with Crippen molar-refractivity contribution >= 4 is 28.3 Å². The number of amides is 1. The molecule has 1 amide bonds. The van der Waals surface area contributed by atoms with E-state index in [1.807, 2.05) is 0 Å². The molecule has 0 aliphatic carbocycles. The Morgan fingerprint density at radius 3 is 2.36 bits per heavy atom. The molecule has 1 aliphatic rings. The Morgan fingerprint density at radius 1 is 1.32 bits per heavy atom. The van der Waals surface area contributed by atoms with Gasteiger partial charge < -0.3 is 10.6 Å². The number of likely N-dealkylation sites (tertiary alicyclic amines) is 1. The zero-order valence-corrected chi connectivity index (χ0v) is 14.1. The number of halogens is 1. The van der Waals surface area contributed by atoms with Crippen molar-refractivity contribution in [1.82, 2.24) is 4.90 Å². The Kier molecular flexibility index (Phi) is 6.37. The Hall–Kier alpha value is -1.15. The Balaban J connectivity index is 0.00000242. The van der Waals surface area contributed by atoms with Crippen molar-refractivity contribution in [3.63, 3.8) is 0 Å². The highest BCUT2D eigenvalue weighted by atomic mass is 35.5. The van der Waals surface area contributed by atoms with E-state index in [0.717, 1.165) is 12.8 Å². The van der Waals surface area contributed by atoms with Crippen LogP contribution in [-0.4, -0.2) is 38.9 Å². The van der Waals surface area contributed by atoms with Crippen LogP contribution in [0.4, 0.5) is 0 Å². The Bertz CT molecular complexity index is 641. The van der Waals surface area contributed by atoms with Crippen LogP contribution in [0.3, 0.4) is 0 Å². The second kappa shape index (κ2) is 7.41. The van der Waals surface area contributed by atoms with Crippen LogP contribution in [0.5, 0.6) is 0 Å². The van der Waals surface area contributed by atoms with E-state index in [-0.39, 0.29) is 23.2 Å². The fraction of sp³-hybridized carbons (Fsp3) is 0.500. The molecule has 1 saturated heterocycles. The number of carbonyl (C=O) groups excluding carboxylic acids is 1. The summed E-state index contributed by atoms with van der Waals surface area (Å²) >= 11 is 0. The van der Waals surface area contributed by atoms with Gasteiger partial charge in [-0.25, -0.2) is 13.6 Å². The molecule has 8 heteroatoms. The average Bonchev–Trinajstić information content (AvgIpc) is 2.45. The van der Waals surface area contributed by atoms with Crippen LogP contribution in [0.1, 0.15) is 28.8 Å². The first-order chi connectivity index (χ1) is 9.82. The predicted molar refractivity (Wildman–Crippen MR) is 87.5 cm³/mol. The third-order valence-corrected chi connectivity index (χ3v) is 5.03. The van der Waals surface area contributed by atoms with Crippen molar-refractivity contribution in [3.05, 3.63) is 29.3 Å². The highest BCUT2D eigenvalue weighted by molar-refractivity contribution is 7.89. The van der Waals surface area contributed by atoms with Gasteiger partial charge in [-0.1, -0.05) is 0 Å². The van der Waals surface area contributed by atoms with E-state index in [1.54, 1.807) is 17.9 Å². The summed E-state index contributed by atoms with van der Waals surface area (Å²) in [5.41, 5.74) is 6.62. The molecule has 1 aliphatic heterocycles. The van der Waals surface area contributed by atoms with E-state index in [0.29, 0.717) is 36.7 Å². The minimum absolute atomic E-state index is 0. The minimum Gasteiger partial charge on any atom is -0.339 e. The summed E-state index contributed by atoms with van der Waals surface area (Å²) in [6.07, 6.45) is 1.83. The van der Waals surface area contributed by atoms with Gasteiger partial charge in [0, 0.05) is 18.7 Å². The van der Waals surface area contributed by atoms with E-state index in [2.05, 4.69) is 0 Å². The third kappa shape index (κ3) is 4.19. The van der Waals surface area contributed by atoms with Crippen molar-refractivity contribution in [3.8, 4) is 0 Å². The van der Waals surface area contributed by atoms with Crippen LogP contribution in [0.25, 0.3) is 0 Å². The molecule has 0 aromatic heterocycles. The quantitative estimate of drug-likeness (QED) is 0.846. The number of piperidine rings is 1. The lowest BCUT2D eigenvalue weighted by Crippen LogP contribution is -2.40. The van der Waals surface area contributed by atoms with Gasteiger partial charge in [0.25, 0.3) is 5.91 Å². The molecule has 4 N–H and O–H groups in total. The molecular formula is C14H22ClN3O3S. The molecular weight excluding hydrogens is 326 g/mol. The van der Waals surface area contributed by atoms with Crippen LogP contribution in [0.2, 0.25) is 0 Å². The number of hydrogen-bond donors (Lipinski definition) is 2. The lowest BCUT2D eigenvalue weighted by molar-refractivity contribution is 0.0693. The van der Waals surface area contributed by atoms with Gasteiger partial charge >= 0.3 is 0 Å². The number of benzene rings is 1. The SMILES string of the molecule is Cc1cc(C(=O)N2CCC(CN)CC2)ccc1S(N)(=O)=O.Cl. The molecule has 2 rings (SSSR count). The molecule has 1 heterocycles. The molecule has 1 aromatic carbocycles. The molecule has 124 valence electrons. The van der Waals surface area contributed by atoms with Gasteiger partial charge in [0.2, 0.25) is 10.0 Å². The maximum atomic E-state index is 12.4. The van der Waals surface area contributed by atoms with Crippen molar-refractivity contribution in [2.75, 3.05) is 19.6 Å². The van der Waals surface area contributed by atoms with Crippen LogP contribution in [0.15, 0.2) is 23.1 Å². The maximum Gasteiger partial charge on any atom is 0.253 e. The zero-order valence-electron chi connectivity index (χ0n) is 12.5. The van der Waals surface area contributed by atoms with Gasteiger partial charge in [-0.05, 0) is 56.0 Å². The monoisotopic (exact) mass is 347 g/mol. The van der Waals surface area contributed by atoms with Gasteiger partial charge in [0.15, 0.2) is 0 Å². The standard InChI is InChI=1S/C14H21N3O3S.ClH/c1-10-8-12(2-3-13(10)21(16,19)20)14(18)17-6-4-11(9-15)5-7-17;/h2-3,8,11H,4-7,9,15H2,1H3,(H2,16,19,20);1H. The third-order valence-electron chi connectivity index (χ3n) is 3.96. The first kappa shape index (κ1) is 18.9. The summed E-state index contributed by atoms with van der Waals surface area (Å²) in [5, 5.41) is 5.12. The topological polar surface area (TPSA) is 106 Å². The number of carbonyl (C=O) groups is 1. The summed E-state index contributed by atoms with van der Waals surface area (Å²) in [6.45, 7) is 3.68. The first-order valence-electron chi connectivity index (χ1n) is 6.95. The summed E-state index contributed by atoms with van der Waals surface area (Å²) in [7, 11) is -3.75. The molecule has 0 radical (unpaired) electrons. The molecule has 0 saturated carbocycles. The van der Waals surface area contributed by atoms with Gasteiger partial charge in [0.1, 0.15) is 0 Å². The molecule has 6 nitrogen and oxygen atoms in total. The number of nitrogens with zero attached hydrogens (tertiary/aromatic N) is 1. The van der Waals surface area contributed by atoms with Crippen molar-refractivity contribution in [1.29, 1.82) is 0 Å². The molecule has 0 spiro atoms. The number of primary sulfonamides is 1. The molecule has 0 unspecified atom stereocenters. The molecule has 1 fully saturated rings. The number of sulfonamides is 1. The second-order valence-corrected chi connectivity index (χ2v) is 7.03. The summed E-state index contributed by atoms with van der Waals surface area (Å²) in [6, 6.07) is 4.49. The second-order valence-electron chi connectivity index (χ2n) is 5.50. The van der Waals surface area contributed by atoms with E-state index < -0.39 is 10.0 Å². The van der Waals surface area contributed by atoms with E-state index >= 15 is 0 Å². The normalized spacial score (nSPS) is 16.2. The van der Waals surface area contributed by atoms with Crippen LogP contribution >= 0.6 is 12.4 Å². The van der Waals surface area contributed by atoms with Crippen LogP contribution < -0.4 is 10.9 Å². The molecule has 0 atom stereocenters. The zero-order chi connectivity index (χ0) is 15.6. The highest BCUT2D eigenvalue weighted by Crippen LogP contribution is 2.20. The smallest absolute Gasteiger partial charge is 0.253 e. The summed E-state index contributed by atoms with van der Waals surface area (Å²) < 4.78 is 22.8. The lowest BCUT2D eigenvalue weighted by atomic mass is 9.96. The molecule has 0 bridgehead atoms. The van der Waals surface area contributed by atoms with Crippen LogP contribution in [-0.2, 0) is 10.0 Å². The van der Waals surface area contributed by atoms with E-state index in [4.69, 9.17) is 10.9 Å². The maximum absolute atomic E-state index is 12.4. The fourth-order valence-corrected chi connectivity index (χ4v) is 3.42. The average molecular weight is 348 g/mol. The first-order valence-corrected chi connectivity index (χ1v) is 8.50. The van der Waals surface area contributed by atoms with E-state index in [9.17, 15) is 13.2 Å². The summed E-state index contributed by atoms with van der Waals surface area (Å²) in [5.74, 6) is 0.412. The number of hydrogen-bond acceptors (Lipinski definition) is 4. The Morgan fingerprint density at radius 2 is 1.91 bits per heavy atom. The predicted octanol–water partition coefficient (Wildman–Crippen LogP) is 0.875. The fourth-order valence-electron chi connectivity index (χ4n) is 2.66. The van der Waals surface area contributed by atoms with Crippen molar-refractivity contribution in [2.45, 2.75) is 24.7 Å². The van der Waals surface area contributed by atoms with Crippen molar-refractivity contribution in [2.24, 2.45) is 16.8 Å². The van der Waals surface area contributed by atoms with Crippen LogP contribution in [0, 0.1) is 12.8 Å².